The Balaban J connectivity index is 1.87. The molecule has 1 aromatic heterocycles. The molecular weight excluding hydrogens is 521 g/mol. The highest BCUT2D eigenvalue weighted by molar-refractivity contribution is 7.54. The Morgan fingerprint density at radius 3 is 2.58 bits per heavy atom. The molecule has 0 radical (unpaired) electrons. The third-order valence-electron chi connectivity index (χ3n) is 5.79. The minimum absolute atomic E-state index is 0.227. The van der Waals surface area contributed by atoms with Gasteiger partial charge in [-0.1, -0.05) is 30.2 Å². The van der Waals surface area contributed by atoms with Crippen molar-refractivity contribution in [3.63, 3.8) is 0 Å². The van der Waals surface area contributed by atoms with Crippen molar-refractivity contribution in [3.05, 3.63) is 73.9 Å². The second-order valence-electron chi connectivity index (χ2n) is 9.28. The molecule has 0 amide bonds. The van der Waals surface area contributed by atoms with Gasteiger partial charge in [0, 0.05) is 17.2 Å². The first-order valence-corrected chi connectivity index (χ1v) is 13.5. The number of hydrogen-bond donors (Lipinski definition) is 2. The normalized spacial score (nSPS) is 25.3. The molecule has 1 unspecified atom stereocenters. The fourth-order valence-corrected chi connectivity index (χ4v) is 5.77. The number of nitrogens with one attached hydrogen (secondary N) is 1. The van der Waals surface area contributed by atoms with E-state index >= 15 is 0 Å². The number of aliphatic hydroxyl groups excluding tert-OH is 1. The largest absolute Gasteiger partial charge is 0.463 e. The third-order valence-corrected chi connectivity index (χ3v) is 7.82. The molecule has 0 saturated carbocycles. The number of aromatic nitrogens is 2. The molecule has 1 aromatic carbocycles. The number of azide groups is 1. The molecule has 1 saturated heterocycles. The Kier molecular flexibility index (Phi) is 9.18. The number of carbonyl (C=O) groups excluding carboxylic acids is 1. The van der Waals surface area contributed by atoms with Gasteiger partial charge in [-0.05, 0) is 38.4 Å². The van der Waals surface area contributed by atoms with Gasteiger partial charge in [0.1, 0.15) is 17.4 Å². The fraction of sp³-hybridized carbons (Fsp3) is 0.522. The van der Waals surface area contributed by atoms with Gasteiger partial charge in [0.2, 0.25) is 0 Å². The average molecular weight is 551 g/mol. The second-order valence-corrected chi connectivity index (χ2v) is 11.3. The number of benzene rings is 1. The molecule has 14 nitrogen and oxygen atoms in total. The molecule has 15 heteroatoms. The van der Waals surface area contributed by atoms with Crippen LogP contribution in [0.4, 0.5) is 0 Å². The SMILES string of the molecule is CC(C)OC(=O)[C@@H](C)CP(=O)(OC[C@H]1O[C@@H](n2ccc(=O)[nH]c2=O)[C@](C)(N=[N+]=[N-])[C@@H]1O)Oc1ccccc1. The van der Waals surface area contributed by atoms with Crippen LogP contribution in [0.1, 0.15) is 33.9 Å². The van der Waals surface area contributed by atoms with E-state index in [0.29, 0.717) is 0 Å². The zero-order valence-corrected chi connectivity index (χ0v) is 22.2. The fourth-order valence-electron chi connectivity index (χ4n) is 3.90. The summed E-state index contributed by atoms with van der Waals surface area (Å²) in [6.07, 6.45) is -3.67. The number of nitrogens with zero attached hydrogens (tertiary/aromatic N) is 4. The maximum absolute atomic E-state index is 13.8. The van der Waals surface area contributed by atoms with E-state index in [1.807, 2.05) is 0 Å². The Morgan fingerprint density at radius 2 is 1.97 bits per heavy atom. The van der Waals surface area contributed by atoms with E-state index in [-0.39, 0.29) is 18.0 Å². The van der Waals surface area contributed by atoms with Crippen molar-refractivity contribution in [2.45, 2.75) is 57.8 Å². The molecule has 1 aliphatic heterocycles. The molecule has 2 N–H and O–H groups in total. The number of aromatic amines is 1. The van der Waals surface area contributed by atoms with Gasteiger partial charge in [-0.15, -0.1) is 0 Å². The molecule has 0 bridgehead atoms. The van der Waals surface area contributed by atoms with Crippen LogP contribution in [0.5, 0.6) is 5.75 Å². The highest BCUT2D eigenvalue weighted by Gasteiger charge is 2.54. The predicted molar refractivity (Wildman–Crippen MR) is 135 cm³/mol. The average Bonchev–Trinajstić information content (AvgIpc) is 3.08. The van der Waals surface area contributed by atoms with E-state index in [9.17, 15) is 24.1 Å². The Labute approximate surface area is 217 Å². The zero-order valence-electron chi connectivity index (χ0n) is 21.3. The quantitative estimate of drug-likeness (QED) is 0.139. The summed E-state index contributed by atoms with van der Waals surface area (Å²) in [5.74, 6) is -1.22. The van der Waals surface area contributed by atoms with Crippen LogP contribution in [-0.2, 0) is 23.4 Å². The number of aliphatic hydroxyl groups is 1. The summed E-state index contributed by atoms with van der Waals surface area (Å²) in [5, 5.41) is 14.7. The summed E-state index contributed by atoms with van der Waals surface area (Å²) >= 11 is 0. The highest BCUT2D eigenvalue weighted by atomic mass is 31.2. The second kappa shape index (κ2) is 12.0. The summed E-state index contributed by atoms with van der Waals surface area (Å²) in [7, 11) is -4.05. The minimum Gasteiger partial charge on any atom is -0.463 e. The molecule has 0 aliphatic carbocycles. The van der Waals surface area contributed by atoms with E-state index in [1.165, 1.54) is 13.8 Å². The van der Waals surface area contributed by atoms with Gasteiger partial charge in [-0.2, -0.15) is 0 Å². The third kappa shape index (κ3) is 6.72. The minimum atomic E-state index is -4.05. The number of esters is 1. The first-order chi connectivity index (χ1) is 17.9. The van der Waals surface area contributed by atoms with E-state index < -0.39 is 61.3 Å². The molecule has 1 fully saturated rings. The predicted octanol–water partition coefficient (Wildman–Crippen LogP) is 2.74. The number of H-pyrrole nitrogens is 1. The molecule has 3 rings (SSSR count). The summed E-state index contributed by atoms with van der Waals surface area (Å²) in [5.41, 5.74) is 5.90. The van der Waals surface area contributed by atoms with Crippen LogP contribution in [-0.4, -0.2) is 57.2 Å². The summed E-state index contributed by atoms with van der Waals surface area (Å²) in [6, 6.07) is 9.25. The first kappa shape index (κ1) is 29.2. The molecule has 0 spiro atoms. The van der Waals surface area contributed by atoms with Gasteiger partial charge in [-0.25, -0.2) is 9.36 Å². The van der Waals surface area contributed by atoms with Gasteiger partial charge in [0.25, 0.3) is 5.56 Å². The Hall–Kier alpha value is -3.41. The van der Waals surface area contributed by atoms with Crippen molar-refractivity contribution in [3.8, 4) is 5.75 Å². The smallest absolute Gasteiger partial charge is 0.380 e. The van der Waals surface area contributed by atoms with Gasteiger partial charge in [0.05, 0.1) is 30.9 Å². The van der Waals surface area contributed by atoms with Crippen molar-refractivity contribution in [1.29, 1.82) is 0 Å². The van der Waals surface area contributed by atoms with E-state index in [2.05, 4.69) is 15.0 Å². The number of para-hydroxylation sites is 1. The lowest BCUT2D eigenvalue weighted by atomic mass is 9.93. The van der Waals surface area contributed by atoms with Crippen molar-refractivity contribution >= 4 is 13.6 Å². The molecule has 6 atom stereocenters. The van der Waals surface area contributed by atoms with Gasteiger partial charge >= 0.3 is 19.3 Å². The summed E-state index contributed by atoms with van der Waals surface area (Å²) < 4.78 is 37.2. The van der Waals surface area contributed by atoms with Crippen LogP contribution in [0.25, 0.3) is 10.4 Å². The van der Waals surface area contributed by atoms with E-state index in [1.54, 1.807) is 44.2 Å². The number of carbonyl (C=O) groups is 1. The molecule has 1 aliphatic rings. The lowest BCUT2D eigenvalue weighted by Gasteiger charge is -2.28. The number of hydrogen-bond acceptors (Lipinski definition) is 10. The molecule has 2 aromatic rings. The first-order valence-electron chi connectivity index (χ1n) is 11.8. The van der Waals surface area contributed by atoms with Gasteiger partial charge < -0.3 is 19.1 Å². The zero-order chi connectivity index (χ0) is 28.1. The standard InChI is InChI=1S/C23H30N5O9P/c1-14(2)35-20(31)15(3)13-38(33,37-16-8-6-5-7-9-16)34-12-17-19(30)23(4,26-27-24)21(36-17)28-11-10-18(29)25-22(28)32/h5-11,14-15,17,19,21,30H,12-13H2,1-4H3,(H,25,29,32)/t15-,17+,19+,21+,23+,38?/m0/s1. The molecule has 38 heavy (non-hydrogen) atoms. The monoisotopic (exact) mass is 551 g/mol. The van der Waals surface area contributed by atoms with E-state index in [4.69, 9.17) is 24.1 Å². The molecule has 206 valence electrons. The summed E-state index contributed by atoms with van der Waals surface area (Å²) in [6.45, 7) is 5.75. The maximum Gasteiger partial charge on any atom is 0.380 e. The lowest BCUT2D eigenvalue weighted by Crippen LogP contribution is -2.45. The van der Waals surface area contributed by atoms with Crippen LogP contribution in [0.2, 0.25) is 0 Å². The van der Waals surface area contributed by atoms with Crippen molar-refractivity contribution in [1.82, 2.24) is 9.55 Å². The van der Waals surface area contributed by atoms with Crippen molar-refractivity contribution < 1.29 is 33.0 Å². The van der Waals surface area contributed by atoms with Gasteiger partial charge in [-0.3, -0.25) is 23.7 Å². The van der Waals surface area contributed by atoms with Crippen LogP contribution >= 0.6 is 7.60 Å². The lowest BCUT2D eigenvalue weighted by molar-refractivity contribution is -0.151. The molecular formula is C23H30N5O9P. The Bertz CT molecular complexity index is 1340. The summed E-state index contributed by atoms with van der Waals surface area (Å²) in [4.78, 5) is 41.1. The number of ether oxygens (including phenoxy) is 2. The van der Waals surface area contributed by atoms with E-state index in [0.717, 1.165) is 16.8 Å². The van der Waals surface area contributed by atoms with Crippen LogP contribution in [0.15, 0.2) is 57.3 Å². The topological polar surface area (TPSA) is 195 Å². The van der Waals surface area contributed by atoms with Crippen LogP contribution in [0, 0.1) is 5.92 Å². The van der Waals surface area contributed by atoms with Crippen LogP contribution in [0.3, 0.4) is 0 Å². The molecule has 2 heterocycles. The number of rotatable bonds is 11. The van der Waals surface area contributed by atoms with Crippen molar-refractivity contribution in [2.75, 3.05) is 12.8 Å². The highest BCUT2D eigenvalue weighted by Crippen LogP contribution is 2.51. The van der Waals surface area contributed by atoms with Crippen LogP contribution < -0.4 is 15.8 Å². The van der Waals surface area contributed by atoms with Crippen molar-refractivity contribution in [2.24, 2.45) is 11.0 Å². The Morgan fingerprint density at radius 1 is 1.29 bits per heavy atom. The maximum atomic E-state index is 13.8. The van der Waals surface area contributed by atoms with Gasteiger partial charge in [0.15, 0.2) is 6.23 Å².